The Morgan fingerprint density at radius 2 is 2.00 bits per heavy atom. The fourth-order valence-electron chi connectivity index (χ4n) is 1.83. The second kappa shape index (κ2) is 8.69. The summed E-state index contributed by atoms with van der Waals surface area (Å²) in [7, 11) is 4.05. The lowest BCUT2D eigenvalue weighted by molar-refractivity contribution is 0.744. The van der Waals surface area contributed by atoms with Crippen LogP contribution < -0.4 is 15.5 Å². The first kappa shape index (κ1) is 15.7. The summed E-state index contributed by atoms with van der Waals surface area (Å²) in [5.41, 5.74) is 0. The average Bonchev–Trinajstić information content (AvgIpc) is 2.40. The highest BCUT2D eigenvalue weighted by atomic mass is 15.2. The largest absolute Gasteiger partial charge is 0.370 e. The number of anilines is 2. The third kappa shape index (κ3) is 5.87. The first-order valence-corrected chi connectivity index (χ1v) is 7.12. The van der Waals surface area contributed by atoms with Crippen molar-refractivity contribution < 1.29 is 0 Å². The molecule has 0 aliphatic carbocycles. The molecule has 5 heteroatoms. The van der Waals surface area contributed by atoms with Crippen LogP contribution in [0.3, 0.4) is 0 Å². The van der Waals surface area contributed by atoms with E-state index < -0.39 is 0 Å². The fraction of sp³-hybridized carbons (Fsp3) is 0.714. The van der Waals surface area contributed by atoms with E-state index in [9.17, 15) is 0 Å². The molecule has 0 radical (unpaired) electrons. The van der Waals surface area contributed by atoms with Gasteiger partial charge in [0.1, 0.15) is 17.5 Å². The van der Waals surface area contributed by atoms with E-state index in [2.05, 4.69) is 39.5 Å². The van der Waals surface area contributed by atoms with Gasteiger partial charge in [-0.2, -0.15) is 0 Å². The van der Waals surface area contributed by atoms with Crippen LogP contribution in [0.1, 0.15) is 32.0 Å². The predicted octanol–water partition coefficient (Wildman–Crippen LogP) is 2.04. The predicted molar refractivity (Wildman–Crippen MR) is 82.0 cm³/mol. The molecule has 0 amide bonds. The van der Waals surface area contributed by atoms with E-state index in [4.69, 9.17) is 0 Å². The molecule has 1 aromatic rings. The maximum Gasteiger partial charge on any atom is 0.134 e. The number of rotatable bonds is 9. The van der Waals surface area contributed by atoms with Gasteiger partial charge >= 0.3 is 0 Å². The molecule has 0 saturated carbocycles. The first-order chi connectivity index (χ1) is 9.17. The molecule has 0 aromatic carbocycles. The Hall–Kier alpha value is -1.36. The van der Waals surface area contributed by atoms with Gasteiger partial charge in [-0.1, -0.05) is 13.3 Å². The molecular weight excluding hydrogens is 238 g/mol. The lowest BCUT2D eigenvalue weighted by Gasteiger charge is -2.19. The van der Waals surface area contributed by atoms with Crippen molar-refractivity contribution in [1.29, 1.82) is 0 Å². The Labute approximate surface area is 116 Å². The second-order valence-electron chi connectivity index (χ2n) is 4.82. The molecule has 2 N–H and O–H groups in total. The highest BCUT2D eigenvalue weighted by Gasteiger charge is 2.06. The van der Waals surface area contributed by atoms with Crippen molar-refractivity contribution in [3.05, 3.63) is 11.9 Å². The third-order valence-corrected chi connectivity index (χ3v) is 2.97. The number of aryl methyl sites for hydroxylation is 1. The van der Waals surface area contributed by atoms with Gasteiger partial charge in [0.25, 0.3) is 0 Å². The van der Waals surface area contributed by atoms with E-state index in [0.29, 0.717) is 0 Å². The molecule has 0 aliphatic heterocycles. The molecule has 0 aliphatic rings. The van der Waals surface area contributed by atoms with Gasteiger partial charge in [0.2, 0.25) is 0 Å². The second-order valence-corrected chi connectivity index (χ2v) is 4.82. The summed E-state index contributed by atoms with van der Waals surface area (Å²) in [6, 6.07) is 2.03. The molecule has 0 saturated heterocycles. The van der Waals surface area contributed by atoms with E-state index in [1.54, 1.807) is 0 Å². The van der Waals surface area contributed by atoms with Crippen LogP contribution in [0, 0.1) is 6.92 Å². The van der Waals surface area contributed by atoms with Crippen LogP contribution in [0.4, 0.5) is 11.6 Å². The highest BCUT2D eigenvalue weighted by molar-refractivity contribution is 5.48. The van der Waals surface area contributed by atoms with Gasteiger partial charge in [-0.25, -0.2) is 9.97 Å². The van der Waals surface area contributed by atoms with Crippen LogP contribution in [-0.2, 0) is 0 Å². The van der Waals surface area contributed by atoms with E-state index in [1.807, 2.05) is 20.0 Å². The minimum atomic E-state index is 0.817. The standard InChI is InChI=1S/C14H27N5/c1-5-6-10-19(4)14-11-13(17-12(2)18-14)16-9-7-8-15-3/h11,15H,5-10H2,1-4H3,(H,16,17,18). The lowest BCUT2D eigenvalue weighted by Crippen LogP contribution is -2.20. The first-order valence-electron chi connectivity index (χ1n) is 7.12. The van der Waals surface area contributed by atoms with Crippen molar-refractivity contribution in [3.8, 4) is 0 Å². The van der Waals surface area contributed by atoms with Crippen molar-refractivity contribution in [2.75, 3.05) is 43.9 Å². The molecular formula is C14H27N5. The van der Waals surface area contributed by atoms with Gasteiger partial charge in [0.05, 0.1) is 0 Å². The van der Waals surface area contributed by atoms with Gasteiger partial charge < -0.3 is 15.5 Å². The molecule has 1 heterocycles. The molecule has 1 aromatic heterocycles. The zero-order valence-electron chi connectivity index (χ0n) is 12.7. The van der Waals surface area contributed by atoms with Crippen molar-refractivity contribution in [2.24, 2.45) is 0 Å². The minimum absolute atomic E-state index is 0.817. The van der Waals surface area contributed by atoms with E-state index in [0.717, 1.165) is 43.5 Å². The fourth-order valence-corrected chi connectivity index (χ4v) is 1.83. The molecule has 108 valence electrons. The maximum absolute atomic E-state index is 4.49. The summed E-state index contributed by atoms with van der Waals surface area (Å²) in [5.74, 6) is 2.73. The van der Waals surface area contributed by atoms with Gasteiger partial charge in [-0.3, -0.25) is 0 Å². The van der Waals surface area contributed by atoms with E-state index >= 15 is 0 Å². The zero-order valence-corrected chi connectivity index (χ0v) is 12.7. The molecule has 5 nitrogen and oxygen atoms in total. The summed E-state index contributed by atoms with van der Waals surface area (Å²) >= 11 is 0. The van der Waals surface area contributed by atoms with Gasteiger partial charge in [-0.15, -0.1) is 0 Å². The Kier molecular flexibility index (Phi) is 7.18. The van der Waals surface area contributed by atoms with Crippen LogP contribution in [-0.4, -0.2) is 43.7 Å². The Balaban J connectivity index is 2.60. The summed E-state index contributed by atoms with van der Waals surface area (Å²) in [6.07, 6.45) is 3.47. The molecule has 0 bridgehead atoms. The molecule has 0 fully saturated rings. The average molecular weight is 265 g/mol. The Morgan fingerprint density at radius 3 is 2.68 bits per heavy atom. The highest BCUT2D eigenvalue weighted by Crippen LogP contribution is 2.15. The van der Waals surface area contributed by atoms with Gasteiger partial charge in [-0.05, 0) is 33.4 Å². The quantitative estimate of drug-likeness (QED) is 0.669. The van der Waals surface area contributed by atoms with Crippen LogP contribution in [0.15, 0.2) is 6.07 Å². The maximum atomic E-state index is 4.49. The van der Waals surface area contributed by atoms with Crippen molar-refractivity contribution in [2.45, 2.75) is 33.1 Å². The van der Waals surface area contributed by atoms with Crippen molar-refractivity contribution >= 4 is 11.6 Å². The van der Waals surface area contributed by atoms with E-state index in [1.165, 1.54) is 12.8 Å². The number of nitrogens with one attached hydrogen (secondary N) is 2. The smallest absolute Gasteiger partial charge is 0.134 e. The number of hydrogen-bond acceptors (Lipinski definition) is 5. The molecule has 1 rings (SSSR count). The topological polar surface area (TPSA) is 53.1 Å². The minimum Gasteiger partial charge on any atom is -0.370 e. The van der Waals surface area contributed by atoms with Gasteiger partial charge in [0, 0.05) is 26.2 Å². The lowest BCUT2D eigenvalue weighted by atomic mass is 10.3. The monoisotopic (exact) mass is 265 g/mol. The Bertz CT molecular complexity index is 367. The Morgan fingerprint density at radius 1 is 1.21 bits per heavy atom. The molecule has 0 unspecified atom stereocenters. The molecule has 0 spiro atoms. The molecule has 0 atom stereocenters. The summed E-state index contributed by atoms with van der Waals surface area (Å²) in [4.78, 5) is 11.1. The molecule has 19 heavy (non-hydrogen) atoms. The summed E-state index contributed by atoms with van der Waals surface area (Å²) in [5, 5.41) is 6.49. The van der Waals surface area contributed by atoms with Crippen LogP contribution >= 0.6 is 0 Å². The third-order valence-electron chi connectivity index (χ3n) is 2.97. The van der Waals surface area contributed by atoms with Crippen LogP contribution in [0.5, 0.6) is 0 Å². The van der Waals surface area contributed by atoms with Crippen molar-refractivity contribution in [1.82, 2.24) is 15.3 Å². The number of nitrogens with zero attached hydrogens (tertiary/aromatic N) is 3. The SMILES string of the molecule is CCCCN(C)c1cc(NCCCNC)nc(C)n1. The van der Waals surface area contributed by atoms with Crippen LogP contribution in [0.2, 0.25) is 0 Å². The zero-order chi connectivity index (χ0) is 14.1. The number of hydrogen-bond donors (Lipinski definition) is 2. The van der Waals surface area contributed by atoms with E-state index in [-0.39, 0.29) is 0 Å². The van der Waals surface area contributed by atoms with Crippen LogP contribution in [0.25, 0.3) is 0 Å². The number of aromatic nitrogens is 2. The summed E-state index contributed by atoms with van der Waals surface area (Å²) in [6.45, 7) is 7.12. The van der Waals surface area contributed by atoms with Gasteiger partial charge in [0.15, 0.2) is 0 Å². The summed E-state index contributed by atoms with van der Waals surface area (Å²) < 4.78 is 0. The van der Waals surface area contributed by atoms with Crippen molar-refractivity contribution in [3.63, 3.8) is 0 Å². The normalized spacial score (nSPS) is 10.5. The number of unbranched alkanes of at least 4 members (excludes halogenated alkanes) is 1.